The van der Waals surface area contributed by atoms with E-state index >= 15 is 0 Å². The second-order valence-corrected chi connectivity index (χ2v) is 5.85. The van der Waals surface area contributed by atoms with E-state index in [4.69, 9.17) is 11.6 Å². The molecule has 0 bridgehead atoms. The normalized spacial score (nSPS) is 10.8. The third-order valence-corrected chi connectivity index (χ3v) is 3.69. The summed E-state index contributed by atoms with van der Waals surface area (Å²) < 4.78 is 25.5. The molecule has 1 aromatic rings. The summed E-state index contributed by atoms with van der Waals surface area (Å²) in [6.45, 7) is -0.348. The van der Waals surface area contributed by atoms with Crippen molar-refractivity contribution < 1.29 is 13.6 Å². The maximum atomic E-state index is 12.4. The van der Waals surface area contributed by atoms with Crippen LogP contribution in [0.4, 0.5) is 8.78 Å². The molecule has 1 rings (SSSR count). The van der Waals surface area contributed by atoms with Crippen molar-refractivity contribution >= 4 is 56.0 Å². The molecule has 0 N–H and O–H groups in total. The van der Waals surface area contributed by atoms with Gasteiger partial charge in [0.1, 0.15) is 0 Å². The number of amides is 1. The first-order chi connectivity index (χ1) is 8.45. The van der Waals surface area contributed by atoms with Crippen molar-refractivity contribution in [3.05, 3.63) is 32.4 Å². The van der Waals surface area contributed by atoms with Crippen molar-refractivity contribution in [1.82, 2.24) is 4.90 Å². The molecular formula is C11H10BrClF2INO. The molecule has 0 unspecified atom stereocenters. The van der Waals surface area contributed by atoms with Crippen LogP contribution in [-0.2, 0) is 0 Å². The van der Waals surface area contributed by atoms with Crippen LogP contribution in [0.2, 0.25) is 5.02 Å². The number of halogens is 5. The van der Waals surface area contributed by atoms with E-state index in [0.29, 0.717) is 19.5 Å². The van der Waals surface area contributed by atoms with Gasteiger partial charge in [0.2, 0.25) is 0 Å². The average Bonchev–Trinajstić information content (AvgIpc) is 2.30. The van der Waals surface area contributed by atoms with Crippen LogP contribution in [-0.4, -0.2) is 35.7 Å². The standard InChI is InChI=1S/C11H10BrClF2INO/c12-3-4-17(6-10(14)15)11(18)8-5-7(13)1-2-9(8)16/h1-2,5,10H,3-4,6H2. The van der Waals surface area contributed by atoms with E-state index in [2.05, 4.69) is 15.9 Å². The summed E-state index contributed by atoms with van der Waals surface area (Å²) in [4.78, 5) is 13.3. The summed E-state index contributed by atoms with van der Waals surface area (Å²) >= 11 is 10.9. The molecule has 100 valence electrons. The van der Waals surface area contributed by atoms with Gasteiger partial charge in [-0.2, -0.15) is 0 Å². The highest BCUT2D eigenvalue weighted by atomic mass is 127. The molecule has 0 aliphatic rings. The Morgan fingerprint density at radius 3 is 2.72 bits per heavy atom. The minimum Gasteiger partial charge on any atom is -0.332 e. The predicted molar refractivity (Wildman–Crippen MR) is 79.9 cm³/mol. The Morgan fingerprint density at radius 2 is 2.17 bits per heavy atom. The molecule has 0 radical (unpaired) electrons. The number of nitrogens with zero attached hydrogens (tertiary/aromatic N) is 1. The van der Waals surface area contributed by atoms with E-state index in [1.165, 1.54) is 6.07 Å². The van der Waals surface area contributed by atoms with Crippen LogP contribution in [0, 0.1) is 3.57 Å². The summed E-state index contributed by atoms with van der Waals surface area (Å²) in [5, 5.41) is 0.859. The summed E-state index contributed by atoms with van der Waals surface area (Å²) in [6, 6.07) is 4.84. The number of hydrogen-bond acceptors (Lipinski definition) is 1. The first-order valence-electron chi connectivity index (χ1n) is 5.04. The number of benzene rings is 1. The molecule has 1 amide bonds. The molecule has 0 spiro atoms. The molecule has 0 fully saturated rings. The Bertz CT molecular complexity index is 434. The van der Waals surface area contributed by atoms with E-state index in [1.807, 2.05) is 22.6 Å². The molecule has 0 heterocycles. The SMILES string of the molecule is O=C(c1cc(Cl)ccc1I)N(CCBr)CC(F)F. The van der Waals surface area contributed by atoms with Gasteiger partial charge in [0.15, 0.2) is 0 Å². The smallest absolute Gasteiger partial charge is 0.255 e. The fourth-order valence-corrected chi connectivity index (χ4v) is 2.54. The molecule has 2 nitrogen and oxygen atoms in total. The Kier molecular flexibility index (Phi) is 6.79. The predicted octanol–water partition coefficient (Wildman–Crippen LogP) is 4.05. The molecule has 0 saturated carbocycles. The summed E-state index contributed by atoms with van der Waals surface area (Å²) in [7, 11) is 0. The Balaban J connectivity index is 2.97. The number of alkyl halides is 3. The number of rotatable bonds is 5. The van der Waals surface area contributed by atoms with Gasteiger partial charge in [-0.15, -0.1) is 0 Å². The Hall–Kier alpha value is 0.0500. The first-order valence-corrected chi connectivity index (χ1v) is 7.62. The van der Waals surface area contributed by atoms with Crippen molar-refractivity contribution in [3.63, 3.8) is 0 Å². The van der Waals surface area contributed by atoms with Gasteiger partial charge >= 0.3 is 0 Å². The van der Waals surface area contributed by atoms with Gasteiger partial charge in [0, 0.05) is 20.5 Å². The van der Waals surface area contributed by atoms with E-state index in [1.54, 1.807) is 12.1 Å². The third kappa shape index (κ3) is 4.62. The van der Waals surface area contributed by atoms with Gasteiger partial charge in [-0.25, -0.2) is 8.78 Å². The molecule has 0 aromatic heterocycles. The molecule has 0 saturated heterocycles. The highest BCUT2D eigenvalue weighted by Gasteiger charge is 2.21. The minimum atomic E-state index is -2.55. The zero-order chi connectivity index (χ0) is 13.7. The van der Waals surface area contributed by atoms with Crippen LogP contribution < -0.4 is 0 Å². The van der Waals surface area contributed by atoms with Gasteiger partial charge in [0.05, 0.1) is 12.1 Å². The van der Waals surface area contributed by atoms with E-state index in [0.717, 1.165) is 4.90 Å². The molecule has 0 atom stereocenters. The zero-order valence-corrected chi connectivity index (χ0v) is 13.7. The summed E-state index contributed by atoms with van der Waals surface area (Å²) in [5.41, 5.74) is 0.352. The van der Waals surface area contributed by atoms with Crippen molar-refractivity contribution in [3.8, 4) is 0 Å². The average molecular weight is 452 g/mol. The van der Waals surface area contributed by atoms with Crippen molar-refractivity contribution in [2.75, 3.05) is 18.4 Å². The van der Waals surface area contributed by atoms with Crippen LogP contribution in [0.15, 0.2) is 18.2 Å². The minimum absolute atomic E-state index is 0.228. The van der Waals surface area contributed by atoms with Gasteiger partial charge in [-0.3, -0.25) is 4.79 Å². The molecule has 0 aliphatic carbocycles. The fourth-order valence-electron chi connectivity index (χ4n) is 1.38. The highest BCUT2D eigenvalue weighted by Crippen LogP contribution is 2.20. The van der Waals surface area contributed by atoms with E-state index < -0.39 is 18.9 Å². The van der Waals surface area contributed by atoms with Gasteiger partial charge in [-0.1, -0.05) is 27.5 Å². The van der Waals surface area contributed by atoms with Crippen molar-refractivity contribution in [2.45, 2.75) is 6.43 Å². The van der Waals surface area contributed by atoms with Crippen LogP contribution >= 0.6 is 50.1 Å². The highest BCUT2D eigenvalue weighted by molar-refractivity contribution is 14.1. The van der Waals surface area contributed by atoms with E-state index in [9.17, 15) is 13.6 Å². The zero-order valence-electron chi connectivity index (χ0n) is 9.18. The largest absolute Gasteiger partial charge is 0.332 e. The molecule has 7 heteroatoms. The third-order valence-electron chi connectivity index (χ3n) is 2.16. The molecule has 0 aliphatic heterocycles. The molecule has 18 heavy (non-hydrogen) atoms. The second-order valence-electron chi connectivity index (χ2n) is 3.46. The maximum absolute atomic E-state index is 12.4. The van der Waals surface area contributed by atoms with Gasteiger partial charge in [-0.05, 0) is 40.8 Å². The number of carbonyl (C=O) groups excluding carboxylic acids is 1. The van der Waals surface area contributed by atoms with Crippen LogP contribution in [0.3, 0.4) is 0 Å². The topological polar surface area (TPSA) is 20.3 Å². The van der Waals surface area contributed by atoms with Crippen molar-refractivity contribution in [2.24, 2.45) is 0 Å². The lowest BCUT2D eigenvalue weighted by molar-refractivity contribution is 0.0571. The van der Waals surface area contributed by atoms with E-state index in [-0.39, 0.29) is 6.54 Å². The molecular weight excluding hydrogens is 442 g/mol. The summed E-state index contributed by atoms with van der Waals surface area (Å²) in [6.07, 6.45) is -2.55. The van der Waals surface area contributed by atoms with Gasteiger partial charge < -0.3 is 4.90 Å². The van der Waals surface area contributed by atoms with Crippen LogP contribution in [0.1, 0.15) is 10.4 Å². The van der Waals surface area contributed by atoms with Crippen LogP contribution in [0.25, 0.3) is 0 Å². The summed E-state index contributed by atoms with van der Waals surface area (Å²) in [5.74, 6) is -0.429. The molecule has 1 aromatic carbocycles. The fraction of sp³-hybridized carbons (Fsp3) is 0.364. The lowest BCUT2D eigenvalue weighted by Gasteiger charge is -2.22. The Morgan fingerprint density at radius 1 is 1.50 bits per heavy atom. The first kappa shape index (κ1) is 16.1. The van der Waals surface area contributed by atoms with Crippen LogP contribution in [0.5, 0.6) is 0 Å². The Labute approximate surface area is 131 Å². The van der Waals surface area contributed by atoms with Crippen molar-refractivity contribution in [1.29, 1.82) is 0 Å². The quantitative estimate of drug-likeness (QED) is 0.488. The van der Waals surface area contributed by atoms with Gasteiger partial charge in [0.25, 0.3) is 12.3 Å². The monoisotopic (exact) mass is 451 g/mol. The second kappa shape index (κ2) is 7.59. The number of carbonyl (C=O) groups is 1. The lowest BCUT2D eigenvalue weighted by atomic mass is 10.2. The number of hydrogen-bond donors (Lipinski definition) is 0. The lowest BCUT2D eigenvalue weighted by Crippen LogP contribution is -2.36. The maximum Gasteiger partial charge on any atom is 0.255 e.